The van der Waals surface area contributed by atoms with Crippen LogP contribution in [0.15, 0.2) is 42.6 Å². The van der Waals surface area contributed by atoms with E-state index in [2.05, 4.69) is 69.1 Å². The number of aromatic nitrogens is 1. The Morgan fingerprint density at radius 3 is 2.39 bits per heavy atom. The number of nitrogens with zero attached hydrogens (tertiary/aromatic N) is 1. The number of benzene rings is 2. The molecule has 2 aromatic carbocycles. The molecule has 1 aromatic heterocycles. The average molecular weight is 321 g/mol. The molecule has 118 valence electrons. The third-order valence-electron chi connectivity index (χ3n) is 4.44. The topological polar surface area (TPSA) is 12.9 Å². The summed E-state index contributed by atoms with van der Waals surface area (Å²) in [5.74, 6) is 0. The monoisotopic (exact) mass is 321 g/mol. The van der Waals surface area contributed by atoms with E-state index >= 15 is 0 Å². The van der Waals surface area contributed by atoms with Crippen LogP contribution < -0.4 is 0 Å². The van der Waals surface area contributed by atoms with Crippen LogP contribution in [0.5, 0.6) is 0 Å². The van der Waals surface area contributed by atoms with E-state index in [0.29, 0.717) is 0 Å². The van der Waals surface area contributed by atoms with Gasteiger partial charge in [-0.15, -0.1) is 11.3 Å². The maximum atomic E-state index is 4.66. The first-order valence-electron chi connectivity index (χ1n) is 8.28. The van der Waals surface area contributed by atoms with Gasteiger partial charge in [0.15, 0.2) is 0 Å². The molecule has 0 radical (unpaired) electrons. The first-order valence-corrected chi connectivity index (χ1v) is 9.09. The SMILES string of the molecule is CCc1ccc(-c2cnc(-c3ccc(CC)c(C)c3)s2)c(C)c1. The molecule has 0 spiro atoms. The van der Waals surface area contributed by atoms with E-state index in [1.807, 2.05) is 6.20 Å². The average Bonchev–Trinajstić information content (AvgIpc) is 3.04. The van der Waals surface area contributed by atoms with E-state index in [-0.39, 0.29) is 0 Å². The van der Waals surface area contributed by atoms with Crippen molar-refractivity contribution >= 4 is 11.3 Å². The fraction of sp³-hybridized carbons (Fsp3) is 0.286. The van der Waals surface area contributed by atoms with Gasteiger partial charge < -0.3 is 0 Å². The van der Waals surface area contributed by atoms with Gasteiger partial charge in [-0.05, 0) is 60.6 Å². The van der Waals surface area contributed by atoms with E-state index in [1.165, 1.54) is 38.3 Å². The maximum Gasteiger partial charge on any atom is 0.123 e. The Hall–Kier alpha value is -1.93. The molecule has 0 saturated carbocycles. The third kappa shape index (κ3) is 3.23. The van der Waals surface area contributed by atoms with Crippen molar-refractivity contribution in [3.8, 4) is 21.0 Å². The summed E-state index contributed by atoms with van der Waals surface area (Å²) >= 11 is 1.78. The van der Waals surface area contributed by atoms with Crippen LogP contribution >= 0.6 is 11.3 Å². The predicted molar refractivity (Wildman–Crippen MR) is 101 cm³/mol. The highest BCUT2D eigenvalue weighted by atomic mass is 32.1. The minimum atomic E-state index is 1.08. The zero-order chi connectivity index (χ0) is 16.4. The highest BCUT2D eigenvalue weighted by molar-refractivity contribution is 7.18. The van der Waals surface area contributed by atoms with E-state index in [9.17, 15) is 0 Å². The lowest BCUT2D eigenvalue weighted by molar-refractivity contribution is 1.11. The maximum absolute atomic E-state index is 4.66. The fourth-order valence-electron chi connectivity index (χ4n) is 2.98. The fourth-order valence-corrected chi connectivity index (χ4v) is 3.98. The molecule has 0 bridgehead atoms. The Morgan fingerprint density at radius 2 is 1.74 bits per heavy atom. The molecule has 3 aromatic rings. The minimum absolute atomic E-state index is 1.08. The van der Waals surface area contributed by atoms with Crippen LogP contribution in [0.2, 0.25) is 0 Å². The number of thiazole rings is 1. The van der Waals surface area contributed by atoms with Crippen molar-refractivity contribution < 1.29 is 0 Å². The van der Waals surface area contributed by atoms with Crippen LogP contribution in [-0.2, 0) is 12.8 Å². The molecule has 0 aliphatic heterocycles. The van der Waals surface area contributed by atoms with E-state index in [1.54, 1.807) is 11.3 Å². The molecule has 0 N–H and O–H groups in total. The van der Waals surface area contributed by atoms with Crippen molar-refractivity contribution in [3.05, 3.63) is 64.8 Å². The molecule has 0 amide bonds. The molecule has 0 fully saturated rings. The van der Waals surface area contributed by atoms with Crippen molar-refractivity contribution in [2.24, 2.45) is 0 Å². The first-order chi connectivity index (χ1) is 11.1. The van der Waals surface area contributed by atoms with Gasteiger partial charge in [0, 0.05) is 11.8 Å². The first kappa shape index (κ1) is 15.9. The number of rotatable bonds is 4. The van der Waals surface area contributed by atoms with Crippen molar-refractivity contribution in [2.75, 3.05) is 0 Å². The van der Waals surface area contributed by atoms with E-state index < -0.39 is 0 Å². The van der Waals surface area contributed by atoms with Crippen LogP contribution in [0.4, 0.5) is 0 Å². The predicted octanol–water partition coefficient (Wildman–Crippen LogP) is 6.22. The normalized spacial score (nSPS) is 11.0. The minimum Gasteiger partial charge on any atom is -0.244 e. The number of hydrogen-bond acceptors (Lipinski definition) is 2. The third-order valence-corrected chi connectivity index (χ3v) is 5.52. The molecule has 1 nitrogen and oxygen atoms in total. The zero-order valence-corrected chi connectivity index (χ0v) is 15.1. The van der Waals surface area contributed by atoms with Gasteiger partial charge in [0.2, 0.25) is 0 Å². The highest BCUT2D eigenvalue weighted by Crippen LogP contribution is 2.34. The van der Waals surface area contributed by atoms with Crippen LogP contribution in [0.1, 0.15) is 36.1 Å². The highest BCUT2D eigenvalue weighted by Gasteiger charge is 2.10. The molecule has 23 heavy (non-hydrogen) atoms. The quantitative estimate of drug-likeness (QED) is 0.556. The van der Waals surface area contributed by atoms with Gasteiger partial charge >= 0.3 is 0 Å². The molecular weight excluding hydrogens is 298 g/mol. The lowest BCUT2D eigenvalue weighted by Gasteiger charge is -2.06. The summed E-state index contributed by atoms with van der Waals surface area (Å²) in [6.45, 7) is 8.77. The van der Waals surface area contributed by atoms with Crippen LogP contribution in [-0.4, -0.2) is 4.98 Å². The van der Waals surface area contributed by atoms with Crippen LogP contribution in [0.25, 0.3) is 21.0 Å². The van der Waals surface area contributed by atoms with Crippen molar-refractivity contribution in [3.63, 3.8) is 0 Å². The Labute approximate surface area is 143 Å². The van der Waals surface area contributed by atoms with Gasteiger partial charge in [-0.25, -0.2) is 4.98 Å². The summed E-state index contributed by atoms with van der Waals surface area (Å²) in [5.41, 5.74) is 8.01. The smallest absolute Gasteiger partial charge is 0.123 e. The summed E-state index contributed by atoms with van der Waals surface area (Å²) in [6.07, 6.45) is 4.17. The van der Waals surface area contributed by atoms with Gasteiger partial charge in [-0.1, -0.05) is 44.2 Å². The molecule has 0 saturated heterocycles. The molecule has 0 unspecified atom stereocenters. The zero-order valence-electron chi connectivity index (χ0n) is 14.3. The van der Waals surface area contributed by atoms with Gasteiger partial charge in [0.05, 0.1) is 4.88 Å². The van der Waals surface area contributed by atoms with Crippen molar-refractivity contribution in [1.29, 1.82) is 0 Å². The molecule has 3 rings (SSSR count). The van der Waals surface area contributed by atoms with E-state index in [0.717, 1.165) is 17.8 Å². The summed E-state index contributed by atoms with van der Waals surface area (Å²) in [4.78, 5) is 5.91. The number of hydrogen-bond donors (Lipinski definition) is 0. The second-order valence-electron chi connectivity index (χ2n) is 6.03. The Morgan fingerprint density at radius 1 is 0.913 bits per heavy atom. The molecular formula is C21H23NS. The van der Waals surface area contributed by atoms with Gasteiger partial charge in [-0.3, -0.25) is 0 Å². The van der Waals surface area contributed by atoms with Gasteiger partial charge in [0.1, 0.15) is 5.01 Å². The largest absolute Gasteiger partial charge is 0.244 e. The van der Waals surface area contributed by atoms with Crippen molar-refractivity contribution in [2.45, 2.75) is 40.5 Å². The van der Waals surface area contributed by atoms with Gasteiger partial charge in [-0.2, -0.15) is 0 Å². The van der Waals surface area contributed by atoms with Crippen molar-refractivity contribution in [1.82, 2.24) is 4.98 Å². The van der Waals surface area contributed by atoms with Crippen LogP contribution in [0, 0.1) is 13.8 Å². The molecule has 0 aliphatic rings. The van der Waals surface area contributed by atoms with E-state index in [4.69, 9.17) is 0 Å². The standard InChI is InChI=1S/C21H23NS/c1-5-16-7-10-19(15(4)11-16)20-13-22-21(23-20)18-9-8-17(6-2)14(3)12-18/h7-13H,5-6H2,1-4H3. The second kappa shape index (κ2) is 6.67. The summed E-state index contributed by atoms with van der Waals surface area (Å²) < 4.78 is 0. The molecule has 0 atom stereocenters. The number of aryl methyl sites for hydroxylation is 4. The van der Waals surface area contributed by atoms with Crippen LogP contribution in [0.3, 0.4) is 0 Å². The second-order valence-corrected chi connectivity index (χ2v) is 7.06. The summed E-state index contributed by atoms with van der Waals surface area (Å²) in [7, 11) is 0. The lowest BCUT2D eigenvalue weighted by atomic mass is 10.0. The summed E-state index contributed by atoms with van der Waals surface area (Å²) in [6, 6.07) is 13.4. The Kier molecular flexibility index (Phi) is 4.63. The summed E-state index contributed by atoms with van der Waals surface area (Å²) in [5, 5.41) is 1.10. The Bertz CT molecular complexity index is 830. The molecule has 0 aliphatic carbocycles. The molecule has 2 heteroatoms. The lowest BCUT2D eigenvalue weighted by Crippen LogP contribution is -1.86. The van der Waals surface area contributed by atoms with Gasteiger partial charge in [0.25, 0.3) is 0 Å². The Balaban J connectivity index is 1.96. The molecule has 1 heterocycles.